The Bertz CT molecular complexity index is 881. The maximum absolute atomic E-state index is 12.0. The van der Waals surface area contributed by atoms with Crippen molar-refractivity contribution in [1.29, 1.82) is 0 Å². The molecule has 0 radical (unpaired) electrons. The average Bonchev–Trinajstić information content (AvgIpc) is 2.68. The largest absolute Gasteiger partial charge is 0.414 e. The molecule has 0 spiro atoms. The van der Waals surface area contributed by atoms with Crippen molar-refractivity contribution in [1.82, 2.24) is 4.98 Å². The summed E-state index contributed by atoms with van der Waals surface area (Å²) in [6, 6.07) is 1.62. The molecule has 0 aliphatic carbocycles. The molecule has 4 atom stereocenters. The van der Waals surface area contributed by atoms with Crippen molar-refractivity contribution in [2.75, 3.05) is 6.61 Å². The number of hydrogen-bond acceptors (Lipinski definition) is 7. The molecule has 1 fully saturated rings. The highest BCUT2D eigenvalue weighted by Crippen LogP contribution is 2.46. The third kappa shape index (κ3) is 5.96. The van der Waals surface area contributed by atoms with Crippen molar-refractivity contribution in [2.24, 2.45) is 0 Å². The summed E-state index contributed by atoms with van der Waals surface area (Å²) >= 11 is 0. The van der Waals surface area contributed by atoms with Crippen LogP contribution in [-0.2, 0) is 13.6 Å². The molecule has 0 unspecified atom stereocenters. The van der Waals surface area contributed by atoms with Crippen molar-refractivity contribution >= 4 is 22.3 Å². The van der Waals surface area contributed by atoms with Gasteiger partial charge in [-0.25, -0.2) is 0 Å². The summed E-state index contributed by atoms with van der Waals surface area (Å²) < 4.78 is 19.5. The first kappa shape index (κ1) is 29.1. The summed E-state index contributed by atoms with van der Waals surface area (Å²) in [7, 11) is -4.45. The Hall–Kier alpha value is -1.18. The molecular formula is C24H44N2O6Si2. The van der Waals surface area contributed by atoms with E-state index in [-0.39, 0.29) is 22.4 Å². The predicted octanol–water partition coefficient (Wildman–Crippen LogP) is 5.98. The number of rotatable bonds is 7. The van der Waals surface area contributed by atoms with Gasteiger partial charge in [-0.3, -0.25) is 15.1 Å². The minimum absolute atomic E-state index is 0.0158. The van der Waals surface area contributed by atoms with E-state index in [2.05, 4.69) is 72.7 Å². The molecule has 0 saturated carbocycles. The second kappa shape index (κ2) is 9.70. The molecule has 8 nitrogen and oxygen atoms in total. The highest BCUT2D eigenvalue weighted by atomic mass is 28.4. The molecular weight excluding hydrogens is 468 g/mol. The van der Waals surface area contributed by atoms with Crippen LogP contribution in [0.4, 0.5) is 5.69 Å². The van der Waals surface area contributed by atoms with E-state index in [1.807, 2.05) is 0 Å². The van der Waals surface area contributed by atoms with Crippen LogP contribution < -0.4 is 0 Å². The summed E-state index contributed by atoms with van der Waals surface area (Å²) in [5.41, 5.74) is -1.03. The first-order valence-corrected chi connectivity index (χ1v) is 17.8. The van der Waals surface area contributed by atoms with Gasteiger partial charge in [-0.05, 0) is 49.3 Å². The molecule has 2 rings (SSSR count). The number of hydrogen-bond donors (Lipinski definition) is 1. The first-order chi connectivity index (χ1) is 15.2. The standard InChI is InChI=1S/C24H44N2O6Si2/c1-17-24(27,16-30-33(8,9)22(2,3)4)21(32-34(10,11)23(5,6)7)14-20(31-17)18-12-13-25-15-19(18)26(28)29/h12-13,15,17,20-21,27H,14,16H2,1-11H3/t17-,20-,21-,24-/m1/s1. The lowest BCUT2D eigenvalue weighted by Crippen LogP contribution is -2.64. The van der Waals surface area contributed by atoms with Crippen molar-refractivity contribution < 1.29 is 23.6 Å². The van der Waals surface area contributed by atoms with Gasteiger partial charge in [0.05, 0.1) is 35.4 Å². The van der Waals surface area contributed by atoms with Crippen LogP contribution in [0.15, 0.2) is 18.5 Å². The zero-order chi connectivity index (χ0) is 26.3. The summed E-state index contributed by atoms with van der Waals surface area (Å²) in [6.45, 7) is 23.4. The molecule has 0 bridgehead atoms. The topological polar surface area (TPSA) is 104 Å². The predicted molar refractivity (Wildman–Crippen MR) is 139 cm³/mol. The highest BCUT2D eigenvalue weighted by molar-refractivity contribution is 6.74. The number of ether oxygens (including phenoxy) is 1. The van der Waals surface area contributed by atoms with Gasteiger partial charge in [0.2, 0.25) is 0 Å². The minimum Gasteiger partial charge on any atom is -0.414 e. The third-order valence-electron chi connectivity index (χ3n) is 8.15. The SMILES string of the molecule is C[C@H]1O[C@@H](c2ccncc2[N+](=O)[O-])C[C@@H](O[Si](C)(C)C(C)(C)C)[C@@]1(O)CO[Si](C)(C)C(C)(C)C. The van der Waals surface area contributed by atoms with Crippen molar-refractivity contribution in [3.8, 4) is 0 Å². The van der Waals surface area contributed by atoms with Crippen LogP contribution in [-0.4, -0.2) is 56.1 Å². The van der Waals surface area contributed by atoms with Crippen molar-refractivity contribution in [2.45, 2.75) is 115 Å². The second-order valence-corrected chi connectivity index (χ2v) is 22.2. The summed E-state index contributed by atoms with van der Waals surface area (Å²) in [4.78, 5) is 15.1. The molecule has 34 heavy (non-hydrogen) atoms. The fourth-order valence-corrected chi connectivity index (χ4v) is 5.90. The molecule has 1 aromatic heterocycles. The van der Waals surface area contributed by atoms with Crippen LogP contribution in [0.25, 0.3) is 0 Å². The van der Waals surface area contributed by atoms with E-state index >= 15 is 0 Å². The van der Waals surface area contributed by atoms with E-state index < -0.39 is 45.5 Å². The van der Waals surface area contributed by atoms with Gasteiger partial charge in [0.1, 0.15) is 11.8 Å². The fourth-order valence-electron chi connectivity index (χ4n) is 3.51. The number of aromatic nitrogens is 1. The Kier molecular flexibility index (Phi) is 8.29. The van der Waals surface area contributed by atoms with Crippen molar-refractivity contribution in [3.05, 3.63) is 34.1 Å². The highest BCUT2D eigenvalue weighted by Gasteiger charge is 2.54. The molecule has 1 aliphatic rings. The number of aliphatic hydroxyl groups is 1. The number of pyridine rings is 1. The van der Waals surface area contributed by atoms with Crippen LogP contribution in [0.1, 0.15) is 66.6 Å². The van der Waals surface area contributed by atoms with E-state index in [1.165, 1.54) is 12.4 Å². The van der Waals surface area contributed by atoms with Gasteiger partial charge in [0, 0.05) is 12.6 Å². The summed E-state index contributed by atoms with van der Waals surface area (Å²) in [5, 5.41) is 23.6. The zero-order valence-electron chi connectivity index (χ0n) is 22.8. The fraction of sp³-hybridized carbons (Fsp3) is 0.792. The van der Waals surface area contributed by atoms with Crippen LogP contribution in [0, 0.1) is 10.1 Å². The molecule has 1 aliphatic heterocycles. The van der Waals surface area contributed by atoms with Crippen LogP contribution in [0.5, 0.6) is 0 Å². The Balaban J connectivity index is 2.47. The molecule has 0 amide bonds. The van der Waals surface area contributed by atoms with E-state index in [0.29, 0.717) is 12.0 Å². The number of nitrogens with zero attached hydrogens (tertiary/aromatic N) is 2. The quantitative estimate of drug-likeness (QED) is 0.272. The summed E-state index contributed by atoms with van der Waals surface area (Å²) in [5.74, 6) is 0. The van der Waals surface area contributed by atoms with Gasteiger partial charge < -0.3 is 18.7 Å². The maximum atomic E-state index is 12.0. The molecule has 2 heterocycles. The minimum atomic E-state index is -2.29. The molecule has 1 N–H and O–H groups in total. The van der Waals surface area contributed by atoms with Crippen LogP contribution in [0.2, 0.25) is 36.3 Å². The van der Waals surface area contributed by atoms with Gasteiger partial charge in [0.25, 0.3) is 5.69 Å². The molecule has 1 saturated heterocycles. The summed E-state index contributed by atoms with van der Waals surface area (Å²) in [6.07, 6.45) is 1.22. The smallest absolute Gasteiger partial charge is 0.293 e. The van der Waals surface area contributed by atoms with E-state index in [4.69, 9.17) is 13.6 Å². The Morgan fingerprint density at radius 1 is 1.18 bits per heavy atom. The van der Waals surface area contributed by atoms with E-state index in [0.717, 1.165) is 0 Å². The zero-order valence-corrected chi connectivity index (χ0v) is 24.8. The van der Waals surface area contributed by atoms with Crippen molar-refractivity contribution in [3.63, 3.8) is 0 Å². The molecule has 10 heteroatoms. The number of nitro groups is 1. The Morgan fingerprint density at radius 2 is 1.74 bits per heavy atom. The lowest BCUT2D eigenvalue weighted by Gasteiger charge is -2.52. The van der Waals surface area contributed by atoms with Gasteiger partial charge in [-0.1, -0.05) is 41.5 Å². The third-order valence-corrected chi connectivity index (χ3v) is 17.1. The van der Waals surface area contributed by atoms with Gasteiger partial charge in [-0.15, -0.1) is 0 Å². The average molecular weight is 513 g/mol. The Morgan fingerprint density at radius 3 is 2.24 bits per heavy atom. The molecule has 0 aromatic carbocycles. The second-order valence-electron chi connectivity index (χ2n) is 12.6. The lowest BCUT2D eigenvalue weighted by atomic mass is 9.83. The van der Waals surface area contributed by atoms with Crippen LogP contribution in [0.3, 0.4) is 0 Å². The monoisotopic (exact) mass is 512 g/mol. The normalized spacial score (nSPS) is 27.0. The van der Waals surface area contributed by atoms with Gasteiger partial charge >= 0.3 is 0 Å². The van der Waals surface area contributed by atoms with E-state index in [1.54, 1.807) is 13.0 Å². The molecule has 1 aromatic rings. The van der Waals surface area contributed by atoms with Gasteiger partial charge in [0.15, 0.2) is 16.6 Å². The molecule has 194 valence electrons. The lowest BCUT2D eigenvalue weighted by molar-refractivity contribution is -0.387. The van der Waals surface area contributed by atoms with E-state index in [9.17, 15) is 15.2 Å². The van der Waals surface area contributed by atoms with Crippen LogP contribution >= 0.6 is 0 Å². The maximum Gasteiger partial charge on any atom is 0.293 e. The Labute approximate surface area is 206 Å². The van der Waals surface area contributed by atoms with Gasteiger partial charge in [-0.2, -0.15) is 0 Å². The first-order valence-electron chi connectivity index (χ1n) is 12.0.